The fourth-order valence-electron chi connectivity index (χ4n) is 3.23. The van der Waals surface area contributed by atoms with Gasteiger partial charge in [0.2, 0.25) is 0 Å². The van der Waals surface area contributed by atoms with E-state index < -0.39 is 0 Å². The molecule has 0 radical (unpaired) electrons. The van der Waals surface area contributed by atoms with Crippen molar-refractivity contribution in [1.29, 1.82) is 0 Å². The van der Waals surface area contributed by atoms with Crippen LogP contribution in [0.2, 0.25) is 0 Å². The van der Waals surface area contributed by atoms with Gasteiger partial charge in [0.1, 0.15) is 0 Å². The first kappa shape index (κ1) is 16.1. The number of hydrogen-bond acceptors (Lipinski definition) is 1. The van der Waals surface area contributed by atoms with Crippen LogP contribution in [0.4, 0.5) is 5.69 Å². The topological polar surface area (TPSA) is 3.24 Å². The fourth-order valence-corrected chi connectivity index (χ4v) is 3.23. The molecule has 21 heavy (non-hydrogen) atoms. The molecular formula is C20H31N. The lowest BCUT2D eigenvalue weighted by Gasteiger charge is -2.30. The van der Waals surface area contributed by atoms with E-state index in [4.69, 9.17) is 0 Å². The molecule has 116 valence electrons. The molecule has 1 heteroatoms. The van der Waals surface area contributed by atoms with Gasteiger partial charge < -0.3 is 4.90 Å². The highest BCUT2D eigenvalue weighted by Gasteiger charge is 2.14. The summed E-state index contributed by atoms with van der Waals surface area (Å²) in [5, 5.41) is 0. The van der Waals surface area contributed by atoms with Crippen LogP contribution in [0.3, 0.4) is 0 Å². The van der Waals surface area contributed by atoms with E-state index in [0.717, 1.165) is 6.54 Å². The molecule has 0 unspecified atom stereocenters. The summed E-state index contributed by atoms with van der Waals surface area (Å²) in [7, 11) is 0. The Morgan fingerprint density at radius 1 is 0.905 bits per heavy atom. The molecular weight excluding hydrogens is 254 g/mol. The van der Waals surface area contributed by atoms with Crippen LogP contribution in [0.1, 0.15) is 70.8 Å². The third-order valence-corrected chi connectivity index (χ3v) is 4.40. The van der Waals surface area contributed by atoms with Crippen LogP contribution < -0.4 is 4.90 Å². The van der Waals surface area contributed by atoms with Crippen LogP contribution in [-0.2, 0) is 0 Å². The average Bonchev–Trinajstić information content (AvgIpc) is 2.49. The lowest BCUT2D eigenvalue weighted by atomic mass is 10.0. The van der Waals surface area contributed by atoms with Crippen molar-refractivity contribution in [3.8, 4) is 0 Å². The van der Waals surface area contributed by atoms with Crippen molar-refractivity contribution in [1.82, 2.24) is 0 Å². The Morgan fingerprint density at radius 3 is 2.33 bits per heavy atom. The van der Waals surface area contributed by atoms with E-state index in [1.54, 1.807) is 0 Å². The largest absolute Gasteiger partial charge is 0.367 e. The molecule has 1 heterocycles. The van der Waals surface area contributed by atoms with Gasteiger partial charge in [-0.3, -0.25) is 0 Å². The van der Waals surface area contributed by atoms with Gasteiger partial charge in [0.05, 0.1) is 0 Å². The maximum Gasteiger partial charge on any atom is 0.0442 e. The Labute approximate surface area is 131 Å². The standard InChI is InChI=1S/C20H31N/c1-3-4-5-6-7-8-9-12-15-21-17-18(2)16-19-13-10-11-14-20(19)21/h10-11,13-14,16H,3-9,12,15,17H2,1-2H3. The van der Waals surface area contributed by atoms with E-state index in [1.807, 2.05) is 0 Å². The Kier molecular flexibility index (Phi) is 6.85. The molecule has 2 rings (SSSR count). The first-order valence-electron chi connectivity index (χ1n) is 8.82. The number of para-hydroxylation sites is 1. The van der Waals surface area contributed by atoms with Crippen molar-refractivity contribution in [2.45, 2.75) is 65.2 Å². The van der Waals surface area contributed by atoms with Crippen LogP contribution in [0.15, 0.2) is 29.8 Å². The zero-order valence-electron chi connectivity index (χ0n) is 13.9. The summed E-state index contributed by atoms with van der Waals surface area (Å²) >= 11 is 0. The van der Waals surface area contributed by atoms with Gasteiger partial charge in [0, 0.05) is 18.8 Å². The summed E-state index contributed by atoms with van der Waals surface area (Å²) in [5.74, 6) is 0. The minimum Gasteiger partial charge on any atom is -0.367 e. The number of unbranched alkanes of at least 4 members (excludes halogenated alkanes) is 7. The van der Waals surface area contributed by atoms with Gasteiger partial charge in [0.25, 0.3) is 0 Å². The molecule has 1 aliphatic heterocycles. The van der Waals surface area contributed by atoms with Crippen LogP contribution in [0.25, 0.3) is 6.08 Å². The quantitative estimate of drug-likeness (QED) is 0.499. The van der Waals surface area contributed by atoms with Gasteiger partial charge in [-0.1, -0.05) is 81.7 Å². The number of anilines is 1. The van der Waals surface area contributed by atoms with E-state index in [1.165, 1.54) is 74.7 Å². The van der Waals surface area contributed by atoms with Crippen molar-refractivity contribution in [3.63, 3.8) is 0 Å². The Balaban J connectivity index is 1.68. The Bertz CT molecular complexity index is 447. The van der Waals surface area contributed by atoms with Gasteiger partial charge in [0.15, 0.2) is 0 Å². The van der Waals surface area contributed by atoms with Gasteiger partial charge in [-0.25, -0.2) is 0 Å². The van der Waals surface area contributed by atoms with Crippen LogP contribution in [0, 0.1) is 0 Å². The van der Waals surface area contributed by atoms with E-state index >= 15 is 0 Å². The highest BCUT2D eigenvalue weighted by Crippen LogP contribution is 2.28. The first-order chi connectivity index (χ1) is 10.3. The molecule has 1 aliphatic rings. The second kappa shape index (κ2) is 8.92. The molecule has 0 spiro atoms. The molecule has 0 aliphatic carbocycles. The second-order valence-electron chi connectivity index (χ2n) is 6.45. The summed E-state index contributed by atoms with van der Waals surface area (Å²) in [4.78, 5) is 2.56. The number of fused-ring (bicyclic) bond motifs is 1. The third kappa shape index (κ3) is 5.22. The molecule has 0 amide bonds. The summed E-state index contributed by atoms with van der Waals surface area (Å²) in [6, 6.07) is 8.80. The minimum atomic E-state index is 1.10. The summed E-state index contributed by atoms with van der Waals surface area (Å²) in [6.45, 7) is 6.84. The molecule has 0 N–H and O–H groups in total. The average molecular weight is 285 g/mol. The summed E-state index contributed by atoms with van der Waals surface area (Å²) < 4.78 is 0. The number of nitrogens with zero attached hydrogens (tertiary/aromatic N) is 1. The Morgan fingerprint density at radius 2 is 1.57 bits per heavy atom. The number of benzene rings is 1. The van der Waals surface area contributed by atoms with E-state index in [2.05, 4.69) is 49.1 Å². The normalized spacial score (nSPS) is 14.0. The maximum atomic E-state index is 2.56. The summed E-state index contributed by atoms with van der Waals surface area (Å²) in [6.07, 6.45) is 13.5. The minimum absolute atomic E-state index is 1.10. The van der Waals surface area contributed by atoms with Gasteiger partial charge >= 0.3 is 0 Å². The molecule has 0 bridgehead atoms. The van der Waals surface area contributed by atoms with E-state index in [-0.39, 0.29) is 0 Å². The predicted octanol–water partition coefficient (Wildman–Crippen LogP) is 6.05. The number of rotatable bonds is 9. The van der Waals surface area contributed by atoms with Crippen molar-refractivity contribution in [3.05, 3.63) is 35.4 Å². The predicted molar refractivity (Wildman–Crippen MR) is 94.9 cm³/mol. The maximum absolute atomic E-state index is 2.56. The molecule has 0 atom stereocenters. The highest BCUT2D eigenvalue weighted by molar-refractivity contribution is 5.72. The van der Waals surface area contributed by atoms with Crippen LogP contribution >= 0.6 is 0 Å². The lowest BCUT2D eigenvalue weighted by molar-refractivity contribution is 0.573. The zero-order chi connectivity index (χ0) is 14.9. The molecule has 1 nitrogen and oxygen atoms in total. The van der Waals surface area contributed by atoms with Gasteiger partial charge in [-0.05, 0) is 25.0 Å². The van der Waals surface area contributed by atoms with Crippen LogP contribution in [0.5, 0.6) is 0 Å². The molecule has 1 aromatic carbocycles. The monoisotopic (exact) mass is 285 g/mol. The smallest absolute Gasteiger partial charge is 0.0442 e. The molecule has 0 saturated heterocycles. The van der Waals surface area contributed by atoms with Crippen molar-refractivity contribution >= 4 is 11.8 Å². The zero-order valence-corrected chi connectivity index (χ0v) is 13.9. The van der Waals surface area contributed by atoms with Crippen molar-refractivity contribution < 1.29 is 0 Å². The Hall–Kier alpha value is -1.24. The molecule has 0 aromatic heterocycles. The second-order valence-corrected chi connectivity index (χ2v) is 6.45. The highest BCUT2D eigenvalue weighted by atomic mass is 15.1. The summed E-state index contributed by atoms with van der Waals surface area (Å²) in [5.41, 5.74) is 4.29. The van der Waals surface area contributed by atoms with E-state index in [9.17, 15) is 0 Å². The van der Waals surface area contributed by atoms with Crippen molar-refractivity contribution in [2.24, 2.45) is 0 Å². The first-order valence-corrected chi connectivity index (χ1v) is 8.82. The lowest BCUT2D eigenvalue weighted by Crippen LogP contribution is -2.29. The van der Waals surface area contributed by atoms with Gasteiger partial charge in [-0.15, -0.1) is 0 Å². The fraction of sp³-hybridized carbons (Fsp3) is 0.600. The third-order valence-electron chi connectivity index (χ3n) is 4.40. The number of hydrogen-bond donors (Lipinski definition) is 0. The molecule has 1 aromatic rings. The van der Waals surface area contributed by atoms with E-state index in [0.29, 0.717) is 0 Å². The SMILES string of the molecule is CCCCCCCCCCN1CC(C)=Cc2ccccc21. The molecule has 0 fully saturated rings. The molecule has 0 saturated carbocycles. The van der Waals surface area contributed by atoms with Crippen molar-refractivity contribution in [2.75, 3.05) is 18.0 Å². The van der Waals surface area contributed by atoms with Crippen LogP contribution in [-0.4, -0.2) is 13.1 Å². The van der Waals surface area contributed by atoms with Gasteiger partial charge in [-0.2, -0.15) is 0 Å².